The molecular formula is C15H16N2O2. The maximum Gasteiger partial charge on any atom is 0.322 e. The first-order valence-corrected chi connectivity index (χ1v) is 6.51. The van der Waals surface area contributed by atoms with E-state index in [9.17, 15) is 9.59 Å². The number of hydrogen-bond donors (Lipinski definition) is 2. The number of urea groups is 1. The minimum atomic E-state index is -0.980. The monoisotopic (exact) mass is 256 g/mol. The molecule has 1 saturated carbocycles. The van der Waals surface area contributed by atoms with Crippen molar-refractivity contribution in [3.63, 3.8) is 0 Å². The van der Waals surface area contributed by atoms with Crippen LogP contribution in [0.15, 0.2) is 42.5 Å². The Labute approximate surface area is 111 Å². The molecule has 2 aliphatic rings. The summed E-state index contributed by atoms with van der Waals surface area (Å²) in [6.07, 6.45) is 2.81. The van der Waals surface area contributed by atoms with Gasteiger partial charge in [0.15, 0.2) is 5.54 Å². The molecule has 4 nitrogen and oxygen atoms in total. The zero-order valence-corrected chi connectivity index (χ0v) is 10.6. The van der Waals surface area contributed by atoms with Crippen molar-refractivity contribution in [1.29, 1.82) is 0 Å². The van der Waals surface area contributed by atoms with Gasteiger partial charge in [0, 0.05) is 5.92 Å². The van der Waals surface area contributed by atoms with Gasteiger partial charge in [0.1, 0.15) is 0 Å². The summed E-state index contributed by atoms with van der Waals surface area (Å²) in [6, 6.07) is 9.01. The molecule has 1 aliphatic carbocycles. The van der Waals surface area contributed by atoms with Gasteiger partial charge in [0.05, 0.1) is 0 Å². The van der Waals surface area contributed by atoms with E-state index in [4.69, 9.17) is 0 Å². The molecule has 98 valence electrons. The number of rotatable bonds is 2. The van der Waals surface area contributed by atoms with Crippen LogP contribution in [-0.2, 0) is 10.3 Å². The van der Waals surface area contributed by atoms with Crippen molar-refractivity contribution in [2.75, 3.05) is 0 Å². The van der Waals surface area contributed by atoms with E-state index in [0.717, 1.165) is 30.4 Å². The van der Waals surface area contributed by atoms with E-state index in [1.54, 1.807) is 0 Å². The highest BCUT2D eigenvalue weighted by Gasteiger charge is 2.54. The van der Waals surface area contributed by atoms with Crippen LogP contribution >= 0.6 is 0 Å². The van der Waals surface area contributed by atoms with Gasteiger partial charge in [-0.15, -0.1) is 0 Å². The quantitative estimate of drug-likeness (QED) is 0.628. The van der Waals surface area contributed by atoms with Crippen LogP contribution in [0.25, 0.3) is 0 Å². The van der Waals surface area contributed by atoms with Crippen LogP contribution in [0.2, 0.25) is 0 Å². The summed E-state index contributed by atoms with van der Waals surface area (Å²) in [5, 5.41) is 5.22. The number of amides is 3. The molecule has 2 fully saturated rings. The topological polar surface area (TPSA) is 58.2 Å². The van der Waals surface area contributed by atoms with E-state index < -0.39 is 11.6 Å². The molecule has 2 atom stereocenters. The smallest absolute Gasteiger partial charge is 0.319 e. The lowest BCUT2D eigenvalue weighted by molar-refractivity contribution is -0.125. The van der Waals surface area contributed by atoms with Crippen molar-refractivity contribution >= 4 is 11.9 Å². The van der Waals surface area contributed by atoms with Crippen molar-refractivity contribution in [3.8, 4) is 0 Å². The molecule has 3 amide bonds. The van der Waals surface area contributed by atoms with E-state index in [1.165, 1.54) is 0 Å². The first-order chi connectivity index (χ1) is 9.14. The maximum absolute atomic E-state index is 12.4. The predicted molar refractivity (Wildman–Crippen MR) is 71.3 cm³/mol. The lowest BCUT2D eigenvalue weighted by Gasteiger charge is -2.33. The number of benzene rings is 1. The molecule has 19 heavy (non-hydrogen) atoms. The van der Waals surface area contributed by atoms with E-state index in [-0.39, 0.29) is 11.8 Å². The molecule has 1 aromatic carbocycles. The Balaban J connectivity index is 2.14. The van der Waals surface area contributed by atoms with E-state index in [0.29, 0.717) is 0 Å². The van der Waals surface area contributed by atoms with Crippen LogP contribution < -0.4 is 10.6 Å². The lowest BCUT2D eigenvalue weighted by atomic mass is 9.75. The molecule has 0 bridgehead atoms. The summed E-state index contributed by atoms with van der Waals surface area (Å²) in [4.78, 5) is 24.0. The van der Waals surface area contributed by atoms with Crippen LogP contribution in [0.5, 0.6) is 0 Å². The van der Waals surface area contributed by atoms with Crippen molar-refractivity contribution in [1.82, 2.24) is 10.6 Å². The van der Waals surface area contributed by atoms with Crippen molar-refractivity contribution in [3.05, 3.63) is 48.0 Å². The Morgan fingerprint density at radius 3 is 2.47 bits per heavy atom. The van der Waals surface area contributed by atoms with Crippen LogP contribution in [0, 0.1) is 5.92 Å². The molecule has 1 aromatic rings. The fraction of sp³-hybridized carbons (Fsp3) is 0.333. The van der Waals surface area contributed by atoms with Gasteiger partial charge >= 0.3 is 6.03 Å². The van der Waals surface area contributed by atoms with Crippen LogP contribution in [-0.4, -0.2) is 11.9 Å². The largest absolute Gasteiger partial charge is 0.322 e. The van der Waals surface area contributed by atoms with Gasteiger partial charge in [-0.3, -0.25) is 10.1 Å². The van der Waals surface area contributed by atoms with E-state index in [1.807, 2.05) is 30.3 Å². The third kappa shape index (κ3) is 1.67. The number of carbonyl (C=O) groups is 2. The normalized spacial score (nSPS) is 30.3. The molecule has 0 aromatic heterocycles. The average molecular weight is 256 g/mol. The Morgan fingerprint density at radius 1 is 1.21 bits per heavy atom. The number of imide groups is 1. The molecule has 2 unspecified atom stereocenters. The van der Waals surface area contributed by atoms with Gasteiger partial charge in [0.25, 0.3) is 5.91 Å². The molecule has 3 rings (SSSR count). The predicted octanol–water partition coefficient (Wildman–Crippen LogP) is 2.08. The summed E-state index contributed by atoms with van der Waals surface area (Å²) in [7, 11) is 0. The Hall–Kier alpha value is -2.10. The molecule has 1 heterocycles. The molecule has 0 spiro atoms. The van der Waals surface area contributed by atoms with Gasteiger partial charge in [-0.25, -0.2) is 4.79 Å². The van der Waals surface area contributed by atoms with Gasteiger partial charge in [-0.2, -0.15) is 0 Å². The molecule has 4 heteroatoms. The van der Waals surface area contributed by atoms with Gasteiger partial charge in [0.2, 0.25) is 0 Å². The van der Waals surface area contributed by atoms with Gasteiger partial charge in [-0.1, -0.05) is 42.5 Å². The Bertz CT molecular complexity index is 553. The number of carbonyl (C=O) groups excluding carboxylic acids is 2. The Kier molecular flexibility index (Phi) is 2.66. The third-order valence-electron chi connectivity index (χ3n) is 4.13. The molecular weight excluding hydrogens is 240 g/mol. The van der Waals surface area contributed by atoms with Crippen molar-refractivity contribution < 1.29 is 9.59 Å². The zero-order chi connectivity index (χ0) is 13.5. The first kappa shape index (κ1) is 12.0. The zero-order valence-electron chi connectivity index (χ0n) is 10.6. The summed E-state index contributed by atoms with van der Waals surface area (Å²) >= 11 is 0. The number of hydrogen-bond acceptors (Lipinski definition) is 2. The van der Waals surface area contributed by atoms with Gasteiger partial charge < -0.3 is 5.32 Å². The fourth-order valence-corrected chi connectivity index (χ4v) is 3.25. The Morgan fingerprint density at radius 2 is 1.95 bits per heavy atom. The second-order valence-electron chi connectivity index (χ2n) is 5.19. The summed E-state index contributed by atoms with van der Waals surface area (Å²) < 4.78 is 0. The molecule has 1 aliphatic heterocycles. The second-order valence-corrected chi connectivity index (χ2v) is 5.19. The number of nitrogens with one attached hydrogen (secondary N) is 2. The first-order valence-electron chi connectivity index (χ1n) is 6.51. The highest BCUT2D eigenvalue weighted by molar-refractivity contribution is 6.07. The van der Waals surface area contributed by atoms with E-state index in [2.05, 4.69) is 17.2 Å². The SMILES string of the molecule is C=C1CCCC1C1(c2ccccc2)NC(=O)NC1=O. The van der Waals surface area contributed by atoms with Crippen LogP contribution in [0.4, 0.5) is 4.79 Å². The summed E-state index contributed by atoms with van der Waals surface area (Å²) in [5.74, 6) is -0.293. The van der Waals surface area contributed by atoms with Crippen molar-refractivity contribution in [2.24, 2.45) is 5.92 Å². The summed E-state index contributed by atoms with van der Waals surface area (Å²) in [5.41, 5.74) is 0.888. The summed E-state index contributed by atoms with van der Waals surface area (Å²) in [6.45, 7) is 4.08. The highest BCUT2D eigenvalue weighted by Crippen LogP contribution is 2.44. The second kappa shape index (κ2) is 4.23. The van der Waals surface area contributed by atoms with Crippen LogP contribution in [0.1, 0.15) is 24.8 Å². The third-order valence-corrected chi connectivity index (χ3v) is 4.13. The average Bonchev–Trinajstić information content (AvgIpc) is 2.95. The highest BCUT2D eigenvalue weighted by atomic mass is 16.2. The lowest BCUT2D eigenvalue weighted by Crippen LogP contribution is -2.49. The fourth-order valence-electron chi connectivity index (χ4n) is 3.25. The van der Waals surface area contributed by atoms with Crippen molar-refractivity contribution in [2.45, 2.75) is 24.8 Å². The molecule has 1 saturated heterocycles. The van der Waals surface area contributed by atoms with Gasteiger partial charge in [-0.05, 0) is 24.8 Å². The minimum absolute atomic E-state index is 0.0265. The standard InChI is InChI=1S/C15H16N2O2/c1-10-6-5-9-12(10)15(11-7-3-2-4-8-11)13(18)16-14(19)17-15/h2-4,7-8,12H,1,5-6,9H2,(H2,16,17,18,19). The minimum Gasteiger partial charge on any atom is -0.319 e. The van der Waals surface area contributed by atoms with E-state index >= 15 is 0 Å². The van der Waals surface area contributed by atoms with Crippen LogP contribution in [0.3, 0.4) is 0 Å². The molecule has 0 radical (unpaired) electrons. The molecule has 2 N–H and O–H groups in total. The maximum atomic E-state index is 12.4.